The molecule has 102 valence electrons. The fourth-order valence-corrected chi connectivity index (χ4v) is 2.86. The summed E-state index contributed by atoms with van der Waals surface area (Å²) >= 11 is 3.24. The third-order valence-corrected chi connectivity index (χ3v) is 4.30. The smallest absolute Gasteiger partial charge is 0.261 e. The van der Waals surface area contributed by atoms with E-state index in [0.717, 1.165) is 5.69 Å². The van der Waals surface area contributed by atoms with Crippen LogP contribution < -0.4 is 4.74 Å². The van der Waals surface area contributed by atoms with E-state index in [2.05, 4.69) is 21.0 Å². The summed E-state index contributed by atoms with van der Waals surface area (Å²) < 4.78 is 30.1. The molecule has 0 atom stereocenters. The summed E-state index contributed by atoms with van der Waals surface area (Å²) in [6.45, 7) is 0.298. The van der Waals surface area contributed by atoms with Gasteiger partial charge in [0, 0.05) is 23.9 Å². The molecule has 0 aliphatic carbocycles. The topological polar surface area (TPSA) is 61.2 Å². The molecule has 1 aromatic carbocycles. The van der Waals surface area contributed by atoms with Crippen LogP contribution in [-0.4, -0.2) is 18.2 Å². The Labute approximate surface area is 123 Å². The van der Waals surface area contributed by atoms with Crippen molar-refractivity contribution in [3.8, 4) is 5.75 Å². The normalized spacial score (nSPS) is 11.5. The molecule has 1 heterocycles. The Balaban J connectivity index is 2.14. The average molecular weight is 366 g/mol. The van der Waals surface area contributed by atoms with Crippen LogP contribution in [0, 0.1) is 0 Å². The second kappa shape index (κ2) is 5.52. The standard InChI is InChI=1S/C11H10BrClN2O3S/c1-15-5-4-8(14-15)7-18-11-3-2-9(6-10(11)12)19(13,16)17/h2-6H,7H2,1H3. The predicted octanol–water partition coefficient (Wildman–Crippen LogP) is 2.69. The second-order valence-electron chi connectivity index (χ2n) is 3.80. The minimum Gasteiger partial charge on any atom is -0.486 e. The summed E-state index contributed by atoms with van der Waals surface area (Å²) in [4.78, 5) is 0.0197. The first-order valence-electron chi connectivity index (χ1n) is 5.22. The number of benzene rings is 1. The van der Waals surface area contributed by atoms with Crippen LogP contribution in [0.15, 0.2) is 39.8 Å². The fraction of sp³-hybridized carbons (Fsp3) is 0.182. The number of halogens is 2. The third kappa shape index (κ3) is 3.71. The first kappa shape index (κ1) is 14.4. The molecule has 8 heteroatoms. The third-order valence-electron chi connectivity index (χ3n) is 2.33. The number of rotatable bonds is 4. The maximum absolute atomic E-state index is 11.2. The van der Waals surface area contributed by atoms with Crippen molar-refractivity contribution >= 4 is 35.7 Å². The molecule has 0 unspecified atom stereocenters. The largest absolute Gasteiger partial charge is 0.486 e. The second-order valence-corrected chi connectivity index (χ2v) is 7.22. The van der Waals surface area contributed by atoms with Gasteiger partial charge >= 0.3 is 0 Å². The number of nitrogens with zero attached hydrogens (tertiary/aromatic N) is 2. The Kier molecular flexibility index (Phi) is 4.17. The highest BCUT2D eigenvalue weighted by Crippen LogP contribution is 2.29. The molecule has 0 saturated heterocycles. The maximum atomic E-state index is 11.2. The van der Waals surface area contributed by atoms with Gasteiger partial charge in [0.15, 0.2) is 0 Å². The molecule has 0 amide bonds. The van der Waals surface area contributed by atoms with Crippen LogP contribution in [-0.2, 0) is 22.7 Å². The van der Waals surface area contributed by atoms with Crippen LogP contribution in [0.2, 0.25) is 0 Å². The summed E-state index contributed by atoms with van der Waals surface area (Å²) in [7, 11) is 3.34. The van der Waals surface area contributed by atoms with Crippen LogP contribution in [0.25, 0.3) is 0 Å². The molecule has 2 rings (SSSR count). The highest BCUT2D eigenvalue weighted by Gasteiger charge is 2.12. The van der Waals surface area contributed by atoms with Gasteiger partial charge in [-0.3, -0.25) is 4.68 Å². The van der Waals surface area contributed by atoms with Crippen LogP contribution in [0.5, 0.6) is 5.75 Å². The number of hydrogen-bond donors (Lipinski definition) is 0. The first-order valence-corrected chi connectivity index (χ1v) is 8.32. The maximum Gasteiger partial charge on any atom is 0.261 e. The average Bonchev–Trinajstić information content (AvgIpc) is 2.72. The highest BCUT2D eigenvalue weighted by atomic mass is 79.9. The molecule has 0 bridgehead atoms. The van der Waals surface area contributed by atoms with Gasteiger partial charge in [-0.15, -0.1) is 0 Å². The lowest BCUT2D eigenvalue weighted by Gasteiger charge is -2.07. The van der Waals surface area contributed by atoms with E-state index in [1.807, 2.05) is 19.3 Å². The first-order chi connectivity index (χ1) is 8.86. The van der Waals surface area contributed by atoms with Gasteiger partial charge in [0.05, 0.1) is 15.1 Å². The Morgan fingerprint density at radius 2 is 2.16 bits per heavy atom. The minimum atomic E-state index is -3.73. The molecule has 0 aliphatic rings. The van der Waals surface area contributed by atoms with Gasteiger partial charge in [0.25, 0.3) is 9.05 Å². The van der Waals surface area contributed by atoms with E-state index in [0.29, 0.717) is 16.8 Å². The van der Waals surface area contributed by atoms with Gasteiger partial charge in [0.1, 0.15) is 12.4 Å². The van der Waals surface area contributed by atoms with Crippen molar-refractivity contribution in [2.45, 2.75) is 11.5 Å². The van der Waals surface area contributed by atoms with Crippen LogP contribution in [0.4, 0.5) is 0 Å². The molecule has 1 aromatic heterocycles. The Morgan fingerprint density at radius 1 is 1.42 bits per heavy atom. The van der Waals surface area contributed by atoms with E-state index in [1.54, 1.807) is 10.7 Å². The zero-order chi connectivity index (χ0) is 14.0. The Morgan fingerprint density at radius 3 is 2.68 bits per heavy atom. The summed E-state index contributed by atoms with van der Waals surface area (Å²) in [5.41, 5.74) is 0.781. The molecule has 19 heavy (non-hydrogen) atoms. The quantitative estimate of drug-likeness (QED) is 0.782. The summed E-state index contributed by atoms with van der Waals surface area (Å²) in [6.07, 6.45) is 1.82. The molecule has 0 spiro atoms. The van der Waals surface area contributed by atoms with Crippen molar-refractivity contribution in [2.24, 2.45) is 7.05 Å². The molecule has 0 aliphatic heterocycles. The summed E-state index contributed by atoms with van der Waals surface area (Å²) in [5.74, 6) is 0.523. The van der Waals surface area contributed by atoms with Crippen molar-refractivity contribution < 1.29 is 13.2 Å². The van der Waals surface area contributed by atoms with E-state index < -0.39 is 9.05 Å². The molecule has 0 fully saturated rings. The molecule has 2 aromatic rings. The number of aromatic nitrogens is 2. The zero-order valence-electron chi connectivity index (χ0n) is 9.88. The molecule has 5 nitrogen and oxygen atoms in total. The SMILES string of the molecule is Cn1ccc(COc2ccc(S(=O)(=O)Cl)cc2Br)n1. The van der Waals surface area contributed by atoms with Gasteiger partial charge in [-0.1, -0.05) is 0 Å². The van der Waals surface area contributed by atoms with E-state index in [1.165, 1.54) is 12.1 Å². The molecular weight excluding hydrogens is 356 g/mol. The van der Waals surface area contributed by atoms with Crippen molar-refractivity contribution in [1.82, 2.24) is 9.78 Å². The molecule has 0 radical (unpaired) electrons. The van der Waals surface area contributed by atoms with Gasteiger partial charge in [-0.05, 0) is 40.2 Å². The van der Waals surface area contributed by atoms with Crippen LogP contribution >= 0.6 is 26.6 Å². The van der Waals surface area contributed by atoms with E-state index >= 15 is 0 Å². The molecule has 0 N–H and O–H groups in total. The van der Waals surface area contributed by atoms with Crippen LogP contribution in [0.1, 0.15) is 5.69 Å². The lowest BCUT2D eigenvalue weighted by atomic mass is 10.3. The van der Waals surface area contributed by atoms with Crippen LogP contribution in [0.3, 0.4) is 0 Å². The van der Waals surface area contributed by atoms with Crippen molar-refractivity contribution in [3.05, 3.63) is 40.6 Å². The van der Waals surface area contributed by atoms with Gasteiger partial charge < -0.3 is 4.74 Å². The van der Waals surface area contributed by atoms with E-state index in [-0.39, 0.29) is 4.90 Å². The Bertz CT molecular complexity index is 700. The predicted molar refractivity (Wildman–Crippen MR) is 74.7 cm³/mol. The van der Waals surface area contributed by atoms with Gasteiger partial charge in [-0.2, -0.15) is 5.10 Å². The lowest BCUT2D eigenvalue weighted by Crippen LogP contribution is -1.99. The highest BCUT2D eigenvalue weighted by molar-refractivity contribution is 9.10. The molecular formula is C11H10BrClN2O3S. The van der Waals surface area contributed by atoms with Gasteiger partial charge in [0.2, 0.25) is 0 Å². The molecule has 0 saturated carbocycles. The van der Waals surface area contributed by atoms with Crippen molar-refractivity contribution in [3.63, 3.8) is 0 Å². The number of hydrogen-bond acceptors (Lipinski definition) is 4. The monoisotopic (exact) mass is 364 g/mol. The zero-order valence-corrected chi connectivity index (χ0v) is 13.0. The summed E-state index contributed by atoms with van der Waals surface area (Å²) in [6, 6.07) is 6.17. The van der Waals surface area contributed by atoms with Crippen molar-refractivity contribution in [2.75, 3.05) is 0 Å². The van der Waals surface area contributed by atoms with E-state index in [9.17, 15) is 8.42 Å². The van der Waals surface area contributed by atoms with Crippen molar-refractivity contribution in [1.29, 1.82) is 0 Å². The van der Waals surface area contributed by atoms with E-state index in [4.69, 9.17) is 15.4 Å². The Hall–Kier alpha value is -1.05. The number of ether oxygens (including phenoxy) is 1. The summed E-state index contributed by atoms with van der Waals surface area (Å²) in [5, 5.41) is 4.17. The number of aryl methyl sites for hydroxylation is 1. The fourth-order valence-electron chi connectivity index (χ4n) is 1.44. The van der Waals surface area contributed by atoms with Gasteiger partial charge in [-0.25, -0.2) is 8.42 Å². The lowest BCUT2D eigenvalue weighted by molar-refractivity contribution is 0.298. The minimum absolute atomic E-state index is 0.0197.